The lowest BCUT2D eigenvalue weighted by Gasteiger charge is -2.19. The summed E-state index contributed by atoms with van der Waals surface area (Å²) in [5.41, 5.74) is 1.91. The van der Waals surface area contributed by atoms with Crippen LogP contribution >= 0.6 is 11.6 Å². The first-order valence-electron chi connectivity index (χ1n) is 10.1. The molecule has 3 aromatic carbocycles. The Balaban J connectivity index is 1.70. The molecule has 3 aromatic rings. The lowest BCUT2D eigenvalue weighted by molar-refractivity contribution is 0.0508. The van der Waals surface area contributed by atoms with Gasteiger partial charge in [0.15, 0.2) is 25.1 Å². The highest BCUT2D eigenvalue weighted by Gasteiger charge is 2.13. The molecule has 6 nitrogen and oxygen atoms in total. The molecule has 0 N–H and O–H groups in total. The maximum Gasteiger partial charge on any atom is 0.188 e. The molecule has 0 amide bonds. The number of methoxy groups -OCH3 is 2. The van der Waals surface area contributed by atoms with E-state index in [1.165, 1.54) is 0 Å². The second-order valence-electron chi connectivity index (χ2n) is 6.96. The topological polar surface area (TPSA) is 55.4 Å². The van der Waals surface area contributed by atoms with Crippen LogP contribution in [0.25, 0.3) is 0 Å². The van der Waals surface area contributed by atoms with Gasteiger partial charge in [-0.05, 0) is 54.4 Å². The van der Waals surface area contributed by atoms with E-state index >= 15 is 0 Å². The standard InChI is InChI=1S/C25H27ClO6/c1-18(20-7-5-9-23(13-20)31-17-28-3)32-24-11-10-21(26)14-25(24)29-15-19-6-4-8-22(12-19)30-16-27-2/h4-14,18H,15-17H2,1-3H3. The highest BCUT2D eigenvalue weighted by Crippen LogP contribution is 2.35. The minimum absolute atomic E-state index is 0.186. The van der Waals surface area contributed by atoms with Crippen molar-refractivity contribution in [1.82, 2.24) is 0 Å². The molecule has 3 rings (SSSR count). The summed E-state index contributed by atoms with van der Waals surface area (Å²) in [7, 11) is 3.16. The third kappa shape index (κ3) is 7.05. The molecule has 0 aliphatic carbocycles. The number of benzene rings is 3. The summed E-state index contributed by atoms with van der Waals surface area (Å²) in [4.78, 5) is 0. The van der Waals surface area contributed by atoms with E-state index in [2.05, 4.69) is 0 Å². The molecule has 1 unspecified atom stereocenters. The predicted octanol–water partition coefficient (Wildman–Crippen LogP) is 6.02. The highest BCUT2D eigenvalue weighted by atomic mass is 35.5. The van der Waals surface area contributed by atoms with Crippen LogP contribution in [-0.2, 0) is 16.1 Å². The molecule has 0 saturated heterocycles. The summed E-state index contributed by atoms with van der Waals surface area (Å²) < 4.78 is 33.2. The fourth-order valence-corrected chi connectivity index (χ4v) is 3.11. The van der Waals surface area contributed by atoms with Crippen LogP contribution in [-0.4, -0.2) is 27.8 Å². The van der Waals surface area contributed by atoms with Gasteiger partial charge in [0.2, 0.25) is 0 Å². The molecule has 0 spiro atoms. The van der Waals surface area contributed by atoms with Crippen molar-refractivity contribution in [3.05, 3.63) is 82.9 Å². The van der Waals surface area contributed by atoms with Gasteiger partial charge in [-0.25, -0.2) is 0 Å². The van der Waals surface area contributed by atoms with Gasteiger partial charge in [-0.3, -0.25) is 0 Å². The molecule has 0 saturated carbocycles. The van der Waals surface area contributed by atoms with Gasteiger partial charge in [-0.2, -0.15) is 0 Å². The monoisotopic (exact) mass is 458 g/mol. The number of ether oxygens (including phenoxy) is 6. The minimum atomic E-state index is -0.240. The molecular formula is C25H27ClO6. The summed E-state index contributed by atoms with van der Waals surface area (Å²) in [6.45, 7) is 2.66. The molecule has 0 radical (unpaired) electrons. The van der Waals surface area contributed by atoms with Gasteiger partial charge >= 0.3 is 0 Å². The Morgan fingerprint density at radius 1 is 0.750 bits per heavy atom. The van der Waals surface area contributed by atoms with Crippen molar-refractivity contribution in [2.75, 3.05) is 27.8 Å². The molecule has 32 heavy (non-hydrogen) atoms. The third-order valence-electron chi connectivity index (χ3n) is 4.52. The first-order chi connectivity index (χ1) is 15.6. The third-order valence-corrected chi connectivity index (χ3v) is 4.75. The zero-order valence-electron chi connectivity index (χ0n) is 18.4. The second-order valence-corrected chi connectivity index (χ2v) is 7.40. The zero-order valence-corrected chi connectivity index (χ0v) is 19.1. The maximum absolute atomic E-state index is 6.21. The molecule has 0 aliphatic rings. The van der Waals surface area contributed by atoms with E-state index in [-0.39, 0.29) is 19.7 Å². The van der Waals surface area contributed by atoms with Gasteiger partial charge in [-0.1, -0.05) is 35.9 Å². The Hall–Kier alpha value is -2.93. The van der Waals surface area contributed by atoms with Gasteiger partial charge in [-0.15, -0.1) is 0 Å². The van der Waals surface area contributed by atoms with E-state index in [4.69, 9.17) is 40.0 Å². The quantitative estimate of drug-likeness (QED) is 0.309. The average Bonchev–Trinajstić information content (AvgIpc) is 2.82. The Kier molecular flexibility index (Phi) is 9.04. The lowest BCUT2D eigenvalue weighted by Crippen LogP contribution is -2.06. The smallest absolute Gasteiger partial charge is 0.188 e. The molecule has 0 fully saturated rings. The zero-order chi connectivity index (χ0) is 22.8. The van der Waals surface area contributed by atoms with Gasteiger partial charge in [0, 0.05) is 25.3 Å². The lowest BCUT2D eigenvalue weighted by atomic mass is 10.1. The van der Waals surface area contributed by atoms with E-state index in [1.807, 2.05) is 55.5 Å². The second kappa shape index (κ2) is 12.2. The summed E-state index contributed by atoms with van der Waals surface area (Å²) in [6, 6.07) is 20.6. The minimum Gasteiger partial charge on any atom is -0.485 e. The fraction of sp³-hybridized carbons (Fsp3) is 0.280. The maximum atomic E-state index is 6.21. The van der Waals surface area contributed by atoms with Crippen molar-refractivity contribution in [3.63, 3.8) is 0 Å². The Labute approximate surface area is 193 Å². The van der Waals surface area contributed by atoms with Crippen molar-refractivity contribution in [2.24, 2.45) is 0 Å². The van der Waals surface area contributed by atoms with Gasteiger partial charge in [0.05, 0.1) is 0 Å². The van der Waals surface area contributed by atoms with Crippen LogP contribution in [0.4, 0.5) is 0 Å². The molecular weight excluding hydrogens is 432 g/mol. The number of hydrogen-bond donors (Lipinski definition) is 0. The molecule has 0 aliphatic heterocycles. The Bertz CT molecular complexity index is 994. The number of halogens is 1. The van der Waals surface area contributed by atoms with Crippen LogP contribution in [0.15, 0.2) is 66.7 Å². The van der Waals surface area contributed by atoms with Crippen LogP contribution in [0.1, 0.15) is 24.2 Å². The molecule has 7 heteroatoms. The van der Waals surface area contributed by atoms with Crippen LogP contribution in [0.5, 0.6) is 23.0 Å². The summed E-state index contributed by atoms with van der Waals surface area (Å²) in [5, 5.41) is 0.562. The molecule has 0 bridgehead atoms. The first-order valence-corrected chi connectivity index (χ1v) is 10.5. The van der Waals surface area contributed by atoms with Crippen molar-refractivity contribution < 1.29 is 28.4 Å². The SMILES string of the molecule is COCOc1cccc(COc2cc(Cl)ccc2OC(C)c2cccc(OCOC)c2)c1. The molecule has 0 aromatic heterocycles. The predicted molar refractivity (Wildman–Crippen MR) is 123 cm³/mol. The van der Waals surface area contributed by atoms with E-state index in [1.54, 1.807) is 32.4 Å². The Morgan fingerprint density at radius 2 is 1.44 bits per heavy atom. The van der Waals surface area contributed by atoms with Crippen LogP contribution in [0, 0.1) is 0 Å². The van der Waals surface area contributed by atoms with Crippen molar-refractivity contribution in [3.8, 4) is 23.0 Å². The molecule has 0 heterocycles. The fourth-order valence-electron chi connectivity index (χ4n) is 2.95. The number of hydrogen-bond acceptors (Lipinski definition) is 6. The first kappa shape index (κ1) is 23.7. The van der Waals surface area contributed by atoms with E-state index < -0.39 is 0 Å². The van der Waals surface area contributed by atoms with Crippen LogP contribution in [0.2, 0.25) is 5.02 Å². The van der Waals surface area contributed by atoms with Crippen molar-refractivity contribution >= 4 is 11.6 Å². The summed E-state index contributed by atoms with van der Waals surface area (Å²) in [6.07, 6.45) is -0.240. The summed E-state index contributed by atoms with van der Waals surface area (Å²) >= 11 is 6.21. The Morgan fingerprint density at radius 3 is 2.16 bits per heavy atom. The van der Waals surface area contributed by atoms with Crippen LogP contribution < -0.4 is 18.9 Å². The van der Waals surface area contributed by atoms with E-state index in [0.717, 1.165) is 11.1 Å². The van der Waals surface area contributed by atoms with Crippen molar-refractivity contribution in [1.29, 1.82) is 0 Å². The van der Waals surface area contributed by atoms with Crippen LogP contribution in [0.3, 0.4) is 0 Å². The van der Waals surface area contributed by atoms with Gasteiger partial charge < -0.3 is 28.4 Å². The van der Waals surface area contributed by atoms with E-state index in [0.29, 0.717) is 34.6 Å². The normalized spacial score (nSPS) is 11.6. The largest absolute Gasteiger partial charge is 0.485 e. The average molecular weight is 459 g/mol. The number of rotatable bonds is 12. The van der Waals surface area contributed by atoms with Gasteiger partial charge in [0.1, 0.15) is 24.2 Å². The van der Waals surface area contributed by atoms with Gasteiger partial charge in [0.25, 0.3) is 0 Å². The molecule has 1 atom stereocenters. The van der Waals surface area contributed by atoms with E-state index in [9.17, 15) is 0 Å². The van der Waals surface area contributed by atoms with Crippen molar-refractivity contribution in [2.45, 2.75) is 19.6 Å². The highest BCUT2D eigenvalue weighted by molar-refractivity contribution is 6.30. The molecule has 170 valence electrons. The summed E-state index contributed by atoms with van der Waals surface area (Å²) in [5.74, 6) is 2.57.